The number of rotatable bonds is 6. The van der Waals surface area contributed by atoms with E-state index in [1.54, 1.807) is 29.5 Å². The predicted octanol–water partition coefficient (Wildman–Crippen LogP) is 4.12. The van der Waals surface area contributed by atoms with Crippen LogP contribution in [-0.2, 0) is 11.2 Å². The molecule has 0 fully saturated rings. The molecule has 0 saturated heterocycles. The van der Waals surface area contributed by atoms with Gasteiger partial charge in [-0.15, -0.1) is 0 Å². The van der Waals surface area contributed by atoms with Gasteiger partial charge in [0.05, 0.1) is 11.6 Å². The lowest BCUT2D eigenvalue weighted by atomic mass is 10.2. The lowest BCUT2D eigenvalue weighted by Crippen LogP contribution is -2.02. The van der Waals surface area contributed by atoms with E-state index in [0.717, 1.165) is 12.5 Å². The van der Waals surface area contributed by atoms with Crippen LogP contribution in [0.15, 0.2) is 41.1 Å². The Hall–Kier alpha value is -1.78. The molecule has 0 aliphatic heterocycles. The molecule has 0 atom stereocenters. The molecule has 1 N–H and O–H groups in total. The summed E-state index contributed by atoms with van der Waals surface area (Å²) in [6, 6.07) is 7.31. The second-order valence-electron chi connectivity index (χ2n) is 4.05. The number of halogens is 1. The van der Waals surface area contributed by atoms with Gasteiger partial charge in [0.25, 0.3) is 0 Å². The number of benzene rings is 1. The molecule has 2 rings (SSSR count). The molecule has 1 aromatic heterocycles. The fourth-order valence-corrected chi connectivity index (χ4v) is 2.61. The Labute approximate surface area is 126 Å². The summed E-state index contributed by atoms with van der Waals surface area (Å²) in [5.41, 5.74) is 1.81. The van der Waals surface area contributed by atoms with Crippen molar-refractivity contribution in [3.05, 3.63) is 57.3 Å². The van der Waals surface area contributed by atoms with Crippen LogP contribution in [0.2, 0.25) is 5.02 Å². The van der Waals surface area contributed by atoms with Crippen LogP contribution >= 0.6 is 22.9 Å². The average molecular weight is 309 g/mol. The fraction of sp³-hybridized carbons (Fsp3) is 0.133. The molecule has 3 nitrogen and oxygen atoms in total. The zero-order valence-electron chi connectivity index (χ0n) is 10.6. The lowest BCUT2D eigenvalue weighted by molar-refractivity contribution is -0.131. The first-order valence-corrected chi connectivity index (χ1v) is 7.32. The smallest absolute Gasteiger partial charge is 0.328 e. The number of hydrogen-bond acceptors (Lipinski definition) is 3. The Morgan fingerprint density at radius 1 is 1.40 bits per heavy atom. The summed E-state index contributed by atoms with van der Waals surface area (Å²) >= 11 is 7.72. The zero-order valence-corrected chi connectivity index (χ0v) is 12.2. The Balaban J connectivity index is 2.06. The number of aliphatic carboxylic acids is 1. The van der Waals surface area contributed by atoms with Crippen molar-refractivity contribution in [3.8, 4) is 5.75 Å². The van der Waals surface area contributed by atoms with Crippen LogP contribution in [0.25, 0.3) is 6.08 Å². The molecule has 0 radical (unpaired) electrons. The Morgan fingerprint density at radius 2 is 2.25 bits per heavy atom. The Kier molecular flexibility index (Phi) is 5.21. The van der Waals surface area contributed by atoms with E-state index in [1.165, 1.54) is 11.6 Å². The maximum atomic E-state index is 10.6. The standard InChI is InChI=1S/C15H13ClO3S/c16-13-2-1-3-14(12(13)4-5-15(17)18)19-8-6-11-7-9-20-10-11/h1-5,7,9-10H,6,8H2,(H,17,18)/b5-4+. The summed E-state index contributed by atoms with van der Waals surface area (Å²) in [5.74, 6) is -0.431. The molecule has 104 valence electrons. The van der Waals surface area contributed by atoms with Gasteiger partial charge in [-0.05, 0) is 40.6 Å². The highest BCUT2D eigenvalue weighted by Gasteiger charge is 2.06. The molecular weight excluding hydrogens is 296 g/mol. The molecule has 5 heteroatoms. The number of carbonyl (C=O) groups is 1. The minimum absolute atomic E-state index is 0.468. The van der Waals surface area contributed by atoms with Crippen molar-refractivity contribution in [2.45, 2.75) is 6.42 Å². The van der Waals surface area contributed by atoms with Crippen molar-refractivity contribution in [3.63, 3.8) is 0 Å². The molecule has 1 aromatic carbocycles. The molecule has 0 amide bonds. The molecule has 2 aromatic rings. The SMILES string of the molecule is O=C(O)/C=C/c1c(Cl)cccc1OCCc1ccsc1. The van der Waals surface area contributed by atoms with Crippen molar-refractivity contribution >= 4 is 35.0 Å². The number of carboxylic acids is 1. The van der Waals surface area contributed by atoms with E-state index < -0.39 is 5.97 Å². The van der Waals surface area contributed by atoms with E-state index in [4.69, 9.17) is 21.4 Å². The zero-order chi connectivity index (χ0) is 14.4. The van der Waals surface area contributed by atoms with Gasteiger partial charge < -0.3 is 9.84 Å². The van der Waals surface area contributed by atoms with Gasteiger partial charge in [0, 0.05) is 18.1 Å². The van der Waals surface area contributed by atoms with Crippen molar-refractivity contribution in [1.29, 1.82) is 0 Å². The van der Waals surface area contributed by atoms with Crippen LogP contribution in [0.1, 0.15) is 11.1 Å². The molecule has 0 unspecified atom stereocenters. The second kappa shape index (κ2) is 7.12. The first kappa shape index (κ1) is 14.6. The lowest BCUT2D eigenvalue weighted by Gasteiger charge is -2.10. The largest absolute Gasteiger partial charge is 0.493 e. The maximum absolute atomic E-state index is 10.6. The van der Waals surface area contributed by atoms with Crippen LogP contribution in [-0.4, -0.2) is 17.7 Å². The van der Waals surface area contributed by atoms with Crippen molar-refractivity contribution in [1.82, 2.24) is 0 Å². The van der Waals surface area contributed by atoms with Crippen LogP contribution in [0.5, 0.6) is 5.75 Å². The van der Waals surface area contributed by atoms with Gasteiger partial charge in [0.1, 0.15) is 5.75 Å². The summed E-state index contributed by atoms with van der Waals surface area (Å²) < 4.78 is 5.70. The molecule has 0 aliphatic rings. The number of ether oxygens (including phenoxy) is 1. The minimum Gasteiger partial charge on any atom is -0.493 e. The second-order valence-corrected chi connectivity index (χ2v) is 5.24. The number of thiophene rings is 1. The normalized spacial score (nSPS) is 10.8. The number of carboxylic acid groups (broad SMARTS) is 1. The van der Waals surface area contributed by atoms with E-state index in [2.05, 4.69) is 11.4 Å². The quantitative estimate of drug-likeness (QED) is 0.816. The summed E-state index contributed by atoms with van der Waals surface area (Å²) in [4.78, 5) is 10.6. The van der Waals surface area contributed by atoms with E-state index in [1.807, 2.05) is 5.38 Å². The van der Waals surface area contributed by atoms with Crippen LogP contribution in [0.4, 0.5) is 0 Å². The van der Waals surface area contributed by atoms with Gasteiger partial charge in [0.15, 0.2) is 0 Å². The molecule has 0 spiro atoms. The predicted molar refractivity (Wildman–Crippen MR) is 81.6 cm³/mol. The van der Waals surface area contributed by atoms with Gasteiger partial charge in [0.2, 0.25) is 0 Å². The monoisotopic (exact) mass is 308 g/mol. The van der Waals surface area contributed by atoms with Crippen LogP contribution < -0.4 is 4.74 Å². The molecule has 0 saturated carbocycles. The van der Waals surface area contributed by atoms with Crippen LogP contribution in [0, 0.1) is 0 Å². The third kappa shape index (κ3) is 4.11. The Bertz CT molecular complexity index is 606. The average Bonchev–Trinajstić information content (AvgIpc) is 2.91. The van der Waals surface area contributed by atoms with E-state index in [-0.39, 0.29) is 0 Å². The van der Waals surface area contributed by atoms with Crippen molar-refractivity contribution < 1.29 is 14.6 Å². The maximum Gasteiger partial charge on any atom is 0.328 e. The molecule has 1 heterocycles. The molecule has 0 aliphatic carbocycles. The first-order chi connectivity index (χ1) is 9.66. The highest BCUT2D eigenvalue weighted by Crippen LogP contribution is 2.28. The van der Waals surface area contributed by atoms with E-state index in [0.29, 0.717) is 22.9 Å². The van der Waals surface area contributed by atoms with E-state index in [9.17, 15) is 4.79 Å². The third-order valence-electron chi connectivity index (χ3n) is 2.63. The van der Waals surface area contributed by atoms with Gasteiger partial charge >= 0.3 is 5.97 Å². The summed E-state index contributed by atoms with van der Waals surface area (Å²) in [5, 5.41) is 13.3. The first-order valence-electron chi connectivity index (χ1n) is 6.00. The summed E-state index contributed by atoms with van der Waals surface area (Å²) in [6.45, 7) is 0.519. The van der Waals surface area contributed by atoms with Crippen molar-refractivity contribution in [2.75, 3.05) is 6.61 Å². The highest BCUT2D eigenvalue weighted by atomic mass is 35.5. The molecule has 20 heavy (non-hydrogen) atoms. The molecular formula is C15H13ClO3S. The van der Waals surface area contributed by atoms with E-state index >= 15 is 0 Å². The van der Waals surface area contributed by atoms with Gasteiger partial charge in [-0.2, -0.15) is 11.3 Å². The minimum atomic E-state index is -1.02. The summed E-state index contributed by atoms with van der Waals surface area (Å²) in [6.07, 6.45) is 3.30. The molecule has 0 bridgehead atoms. The third-order valence-corrected chi connectivity index (χ3v) is 3.70. The van der Waals surface area contributed by atoms with Crippen molar-refractivity contribution in [2.24, 2.45) is 0 Å². The summed E-state index contributed by atoms with van der Waals surface area (Å²) in [7, 11) is 0. The van der Waals surface area contributed by atoms with Gasteiger partial charge in [-0.1, -0.05) is 17.7 Å². The Morgan fingerprint density at radius 3 is 2.95 bits per heavy atom. The van der Waals surface area contributed by atoms with Gasteiger partial charge in [-0.25, -0.2) is 4.79 Å². The topological polar surface area (TPSA) is 46.5 Å². The highest BCUT2D eigenvalue weighted by molar-refractivity contribution is 7.07. The number of hydrogen-bond donors (Lipinski definition) is 1. The fourth-order valence-electron chi connectivity index (χ4n) is 1.67. The van der Waals surface area contributed by atoms with Crippen LogP contribution in [0.3, 0.4) is 0 Å². The van der Waals surface area contributed by atoms with Gasteiger partial charge in [-0.3, -0.25) is 0 Å².